The van der Waals surface area contributed by atoms with Crippen molar-refractivity contribution in [2.75, 3.05) is 20.2 Å². The lowest BCUT2D eigenvalue weighted by atomic mass is 10.1. The van der Waals surface area contributed by atoms with E-state index >= 15 is 0 Å². The van der Waals surface area contributed by atoms with Crippen LogP contribution in [0.25, 0.3) is 0 Å². The molecular formula is C19H24N4O3. The van der Waals surface area contributed by atoms with E-state index in [9.17, 15) is 9.59 Å². The quantitative estimate of drug-likeness (QED) is 0.854. The van der Waals surface area contributed by atoms with Crippen LogP contribution in [0.2, 0.25) is 0 Å². The summed E-state index contributed by atoms with van der Waals surface area (Å²) in [5.41, 5.74) is 0.872. The van der Waals surface area contributed by atoms with Gasteiger partial charge >= 0.3 is 0 Å². The lowest BCUT2D eigenvalue weighted by Crippen LogP contribution is -2.44. The number of ether oxygens (including phenoxy) is 1. The summed E-state index contributed by atoms with van der Waals surface area (Å²) in [6, 6.07) is 7.12. The molecule has 7 nitrogen and oxygen atoms in total. The summed E-state index contributed by atoms with van der Waals surface area (Å²) in [5, 5.41) is 3.02. The van der Waals surface area contributed by atoms with Crippen LogP contribution in [-0.4, -0.2) is 46.5 Å². The van der Waals surface area contributed by atoms with Crippen molar-refractivity contribution in [1.29, 1.82) is 0 Å². The van der Waals surface area contributed by atoms with E-state index in [1.165, 1.54) is 0 Å². The average molecular weight is 356 g/mol. The molecular weight excluding hydrogens is 332 g/mol. The van der Waals surface area contributed by atoms with Crippen molar-refractivity contribution < 1.29 is 14.3 Å². The predicted molar refractivity (Wildman–Crippen MR) is 96.6 cm³/mol. The molecule has 1 saturated heterocycles. The number of benzene rings is 1. The van der Waals surface area contributed by atoms with Gasteiger partial charge in [0.2, 0.25) is 11.8 Å². The second-order valence-electron chi connectivity index (χ2n) is 6.45. The van der Waals surface area contributed by atoms with E-state index in [-0.39, 0.29) is 18.4 Å². The Morgan fingerprint density at radius 2 is 2.23 bits per heavy atom. The van der Waals surface area contributed by atoms with Crippen molar-refractivity contribution in [2.45, 2.75) is 25.3 Å². The van der Waals surface area contributed by atoms with E-state index in [0.29, 0.717) is 18.7 Å². The Morgan fingerprint density at radius 1 is 1.38 bits per heavy atom. The summed E-state index contributed by atoms with van der Waals surface area (Å²) >= 11 is 0. The molecule has 1 aliphatic heterocycles. The zero-order valence-electron chi connectivity index (χ0n) is 15.1. The number of piperidine rings is 1. The summed E-state index contributed by atoms with van der Waals surface area (Å²) < 4.78 is 7.17. The number of carbonyl (C=O) groups excluding carboxylic acids is 2. The van der Waals surface area contributed by atoms with Crippen LogP contribution in [0.4, 0.5) is 0 Å². The van der Waals surface area contributed by atoms with Crippen LogP contribution in [-0.2, 0) is 16.6 Å². The fourth-order valence-corrected chi connectivity index (χ4v) is 3.18. The average Bonchev–Trinajstić information content (AvgIpc) is 3.07. The van der Waals surface area contributed by atoms with Gasteiger partial charge in [-0.3, -0.25) is 9.59 Å². The van der Waals surface area contributed by atoms with Gasteiger partial charge in [-0.05, 0) is 30.5 Å². The smallest absolute Gasteiger partial charge is 0.240 e. The molecule has 0 bridgehead atoms. The van der Waals surface area contributed by atoms with Crippen molar-refractivity contribution in [2.24, 2.45) is 7.05 Å². The molecule has 0 saturated carbocycles. The maximum Gasteiger partial charge on any atom is 0.240 e. The van der Waals surface area contributed by atoms with Crippen molar-refractivity contribution in [3.63, 3.8) is 0 Å². The number of carbonyl (C=O) groups is 2. The first kappa shape index (κ1) is 18.0. The summed E-state index contributed by atoms with van der Waals surface area (Å²) in [5.74, 6) is 1.27. The zero-order chi connectivity index (χ0) is 18.5. The molecule has 7 heteroatoms. The van der Waals surface area contributed by atoms with Crippen molar-refractivity contribution in [3.8, 4) is 5.75 Å². The molecule has 1 aromatic carbocycles. The first-order valence-electron chi connectivity index (χ1n) is 8.77. The highest BCUT2D eigenvalue weighted by Crippen LogP contribution is 2.24. The third-order valence-electron chi connectivity index (χ3n) is 4.60. The number of hydrogen-bond donors (Lipinski definition) is 1. The first-order valence-corrected chi connectivity index (χ1v) is 8.77. The molecule has 2 aromatic rings. The Hall–Kier alpha value is -2.83. The SMILES string of the molecule is COc1cccc(C(NC(=O)CN2CCCCC2=O)c2nccn2C)c1. The Balaban J connectivity index is 1.80. The molecule has 3 rings (SSSR count). The number of rotatable bonds is 6. The van der Waals surface area contributed by atoms with Gasteiger partial charge in [-0.2, -0.15) is 0 Å². The highest BCUT2D eigenvalue weighted by Gasteiger charge is 2.25. The van der Waals surface area contributed by atoms with Crippen LogP contribution in [0.1, 0.15) is 36.7 Å². The van der Waals surface area contributed by atoms with Gasteiger partial charge in [-0.15, -0.1) is 0 Å². The van der Waals surface area contributed by atoms with E-state index in [1.54, 1.807) is 18.2 Å². The number of nitrogens with zero attached hydrogens (tertiary/aromatic N) is 3. The van der Waals surface area contributed by atoms with E-state index in [0.717, 1.165) is 24.2 Å². The van der Waals surface area contributed by atoms with Crippen LogP contribution < -0.4 is 10.1 Å². The molecule has 2 heterocycles. The molecule has 26 heavy (non-hydrogen) atoms. The first-order chi connectivity index (χ1) is 12.6. The molecule has 1 N–H and O–H groups in total. The fourth-order valence-electron chi connectivity index (χ4n) is 3.18. The number of hydrogen-bond acceptors (Lipinski definition) is 4. The standard InChI is InChI=1S/C19H24N4O3/c1-22-11-9-20-19(22)18(14-6-5-7-15(12-14)26-2)21-16(24)13-23-10-4-3-8-17(23)25/h5-7,9,11-12,18H,3-4,8,10,13H2,1-2H3,(H,21,24). The second kappa shape index (κ2) is 8.03. The largest absolute Gasteiger partial charge is 0.497 e. The number of aromatic nitrogens is 2. The van der Waals surface area contributed by atoms with E-state index in [2.05, 4.69) is 10.3 Å². The Kier molecular flexibility index (Phi) is 5.55. The Morgan fingerprint density at radius 3 is 2.92 bits per heavy atom. The van der Waals surface area contributed by atoms with Gasteiger partial charge in [0.25, 0.3) is 0 Å². The molecule has 1 aliphatic rings. The van der Waals surface area contributed by atoms with Gasteiger partial charge < -0.3 is 19.5 Å². The van der Waals surface area contributed by atoms with E-state index in [4.69, 9.17) is 4.74 Å². The van der Waals surface area contributed by atoms with Gasteiger partial charge in [0, 0.05) is 32.4 Å². The van der Waals surface area contributed by atoms with E-state index < -0.39 is 6.04 Å². The van der Waals surface area contributed by atoms with Gasteiger partial charge in [0.1, 0.15) is 17.6 Å². The monoisotopic (exact) mass is 356 g/mol. The Labute approximate surface area is 153 Å². The highest BCUT2D eigenvalue weighted by molar-refractivity contribution is 5.85. The number of aryl methyl sites for hydroxylation is 1. The van der Waals surface area contributed by atoms with E-state index in [1.807, 2.05) is 42.1 Å². The maximum atomic E-state index is 12.6. The molecule has 1 aromatic heterocycles. The minimum atomic E-state index is -0.419. The third kappa shape index (κ3) is 4.04. The van der Waals surface area contributed by atoms with Crippen molar-refractivity contribution in [3.05, 3.63) is 48.0 Å². The molecule has 0 aliphatic carbocycles. The third-order valence-corrected chi connectivity index (χ3v) is 4.60. The fraction of sp³-hybridized carbons (Fsp3) is 0.421. The number of imidazole rings is 1. The minimum Gasteiger partial charge on any atom is -0.497 e. The molecule has 1 atom stereocenters. The van der Waals surface area contributed by atoms with Crippen LogP contribution in [0.5, 0.6) is 5.75 Å². The second-order valence-corrected chi connectivity index (χ2v) is 6.45. The minimum absolute atomic E-state index is 0.0429. The van der Waals surface area contributed by atoms with Gasteiger partial charge in [0.05, 0.1) is 13.7 Å². The van der Waals surface area contributed by atoms with Gasteiger partial charge in [-0.1, -0.05) is 12.1 Å². The predicted octanol–water partition coefficient (Wildman–Crippen LogP) is 1.65. The molecule has 0 radical (unpaired) electrons. The number of likely N-dealkylation sites (tertiary alicyclic amines) is 1. The summed E-state index contributed by atoms with van der Waals surface area (Å²) in [4.78, 5) is 30.6. The highest BCUT2D eigenvalue weighted by atomic mass is 16.5. The van der Waals surface area contributed by atoms with Crippen LogP contribution in [0.3, 0.4) is 0 Å². The molecule has 1 fully saturated rings. The molecule has 138 valence electrons. The number of methoxy groups -OCH3 is 1. The molecule has 2 amide bonds. The molecule has 0 spiro atoms. The summed E-state index contributed by atoms with van der Waals surface area (Å²) in [6.07, 6.45) is 5.89. The number of nitrogens with one attached hydrogen (secondary N) is 1. The zero-order valence-corrected chi connectivity index (χ0v) is 15.1. The van der Waals surface area contributed by atoms with Crippen LogP contribution in [0.15, 0.2) is 36.7 Å². The van der Waals surface area contributed by atoms with Crippen LogP contribution in [0, 0.1) is 0 Å². The van der Waals surface area contributed by atoms with Crippen molar-refractivity contribution in [1.82, 2.24) is 19.8 Å². The van der Waals surface area contributed by atoms with Gasteiger partial charge in [0.15, 0.2) is 0 Å². The summed E-state index contributed by atoms with van der Waals surface area (Å²) in [6.45, 7) is 0.711. The summed E-state index contributed by atoms with van der Waals surface area (Å²) in [7, 11) is 3.49. The van der Waals surface area contributed by atoms with Gasteiger partial charge in [-0.25, -0.2) is 4.98 Å². The normalized spacial score (nSPS) is 15.6. The lowest BCUT2D eigenvalue weighted by molar-refractivity contribution is -0.138. The maximum absolute atomic E-state index is 12.6. The van der Waals surface area contributed by atoms with Crippen molar-refractivity contribution >= 4 is 11.8 Å². The topological polar surface area (TPSA) is 76.5 Å². The number of amides is 2. The lowest BCUT2D eigenvalue weighted by Gasteiger charge is -2.27. The molecule has 1 unspecified atom stereocenters. The van der Waals surface area contributed by atoms with Crippen LogP contribution >= 0.6 is 0 Å². The Bertz CT molecular complexity index is 787.